The van der Waals surface area contributed by atoms with Gasteiger partial charge < -0.3 is 15.6 Å². The van der Waals surface area contributed by atoms with Crippen molar-refractivity contribution in [2.75, 3.05) is 12.8 Å². The predicted octanol–water partition coefficient (Wildman–Crippen LogP) is 1.69. The molecule has 2 rings (SSSR count). The molecule has 0 unspecified atom stereocenters. The van der Waals surface area contributed by atoms with Crippen LogP contribution in [0.2, 0.25) is 0 Å². The van der Waals surface area contributed by atoms with Gasteiger partial charge in [-0.2, -0.15) is 5.10 Å². The zero-order valence-corrected chi connectivity index (χ0v) is 10.1. The molecule has 0 radical (unpaired) electrons. The van der Waals surface area contributed by atoms with Gasteiger partial charge in [-0.1, -0.05) is 0 Å². The van der Waals surface area contributed by atoms with E-state index in [4.69, 9.17) is 10.5 Å². The summed E-state index contributed by atoms with van der Waals surface area (Å²) in [5.74, 6) is 1.30. The van der Waals surface area contributed by atoms with E-state index >= 15 is 0 Å². The SMILES string of the molecule is COc1cc(O)c(-c2cnn(C)c2N)cc1C. The minimum Gasteiger partial charge on any atom is -0.507 e. The number of phenols is 1. The molecule has 0 spiro atoms. The number of nitrogens with zero attached hydrogens (tertiary/aromatic N) is 2. The van der Waals surface area contributed by atoms with Gasteiger partial charge in [-0.05, 0) is 18.6 Å². The van der Waals surface area contributed by atoms with Crippen molar-refractivity contribution >= 4 is 5.82 Å². The van der Waals surface area contributed by atoms with Crippen molar-refractivity contribution in [1.29, 1.82) is 0 Å². The number of nitrogen functional groups attached to an aromatic ring is 1. The Kier molecular flexibility index (Phi) is 2.67. The molecule has 2 aromatic rings. The summed E-state index contributed by atoms with van der Waals surface area (Å²) in [7, 11) is 3.33. The molecule has 0 aliphatic rings. The molecule has 0 saturated carbocycles. The summed E-state index contributed by atoms with van der Waals surface area (Å²) in [4.78, 5) is 0. The predicted molar refractivity (Wildman–Crippen MR) is 66.0 cm³/mol. The molecule has 0 aliphatic carbocycles. The molecule has 0 saturated heterocycles. The summed E-state index contributed by atoms with van der Waals surface area (Å²) in [6.45, 7) is 1.91. The summed E-state index contributed by atoms with van der Waals surface area (Å²) in [5.41, 5.74) is 8.20. The first-order valence-electron chi connectivity index (χ1n) is 5.20. The fourth-order valence-corrected chi connectivity index (χ4v) is 1.77. The van der Waals surface area contributed by atoms with Crippen molar-refractivity contribution in [2.45, 2.75) is 6.92 Å². The molecule has 0 bridgehead atoms. The minimum absolute atomic E-state index is 0.132. The number of aryl methyl sites for hydroxylation is 2. The lowest BCUT2D eigenvalue weighted by atomic mass is 10.0. The highest BCUT2D eigenvalue weighted by atomic mass is 16.5. The lowest BCUT2D eigenvalue weighted by Crippen LogP contribution is -1.98. The average molecular weight is 233 g/mol. The number of methoxy groups -OCH3 is 1. The van der Waals surface area contributed by atoms with E-state index in [2.05, 4.69) is 5.10 Å². The third-order valence-corrected chi connectivity index (χ3v) is 2.79. The summed E-state index contributed by atoms with van der Waals surface area (Å²) < 4.78 is 6.70. The fourth-order valence-electron chi connectivity index (χ4n) is 1.77. The van der Waals surface area contributed by atoms with Crippen LogP contribution in [0, 0.1) is 6.92 Å². The maximum atomic E-state index is 9.96. The average Bonchev–Trinajstić information content (AvgIpc) is 2.63. The number of nitrogens with two attached hydrogens (primary N) is 1. The van der Waals surface area contributed by atoms with Gasteiger partial charge in [-0.3, -0.25) is 4.68 Å². The fraction of sp³-hybridized carbons (Fsp3) is 0.250. The number of rotatable bonds is 2. The van der Waals surface area contributed by atoms with E-state index in [-0.39, 0.29) is 5.75 Å². The van der Waals surface area contributed by atoms with Gasteiger partial charge in [0, 0.05) is 24.2 Å². The highest BCUT2D eigenvalue weighted by Gasteiger charge is 2.14. The molecular weight excluding hydrogens is 218 g/mol. The summed E-state index contributed by atoms with van der Waals surface area (Å²) in [6.07, 6.45) is 1.64. The van der Waals surface area contributed by atoms with Crippen LogP contribution in [-0.2, 0) is 7.05 Å². The van der Waals surface area contributed by atoms with Crippen molar-refractivity contribution in [3.05, 3.63) is 23.9 Å². The first kappa shape index (κ1) is 11.3. The topological polar surface area (TPSA) is 73.3 Å². The van der Waals surface area contributed by atoms with E-state index < -0.39 is 0 Å². The van der Waals surface area contributed by atoms with Crippen LogP contribution in [0.25, 0.3) is 11.1 Å². The van der Waals surface area contributed by atoms with Gasteiger partial charge in [0.15, 0.2) is 0 Å². The molecular formula is C12H15N3O2. The molecule has 1 aromatic heterocycles. The van der Waals surface area contributed by atoms with Gasteiger partial charge in [-0.15, -0.1) is 0 Å². The zero-order valence-electron chi connectivity index (χ0n) is 10.1. The van der Waals surface area contributed by atoms with Gasteiger partial charge in [0.1, 0.15) is 17.3 Å². The van der Waals surface area contributed by atoms with Gasteiger partial charge in [0.05, 0.1) is 13.3 Å². The van der Waals surface area contributed by atoms with Crippen LogP contribution in [0.3, 0.4) is 0 Å². The molecule has 1 heterocycles. The molecule has 0 aliphatic heterocycles. The Bertz CT molecular complexity index is 561. The summed E-state index contributed by atoms with van der Waals surface area (Å²) in [5, 5.41) is 14.0. The van der Waals surface area contributed by atoms with E-state index in [1.807, 2.05) is 13.0 Å². The first-order valence-corrected chi connectivity index (χ1v) is 5.20. The minimum atomic E-state index is 0.132. The number of benzene rings is 1. The molecule has 1 aromatic carbocycles. The lowest BCUT2D eigenvalue weighted by Gasteiger charge is -2.09. The molecule has 0 atom stereocenters. The second-order valence-electron chi connectivity index (χ2n) is 3.91. The van der Waals surface area contributed by atoms with Crippen LogP contribution >= 0.6 is 0 Å². The number of hydrogen-bond acceptors (Lipinski definition) is 4. The number of aromatic nitrogens is 2. The molecule has 0 amide bonds. The first-order chi connectivity index (χ1) is 8.04. The van der Waals surface area contributed by atoms with E-state index in [0.717, 1.165) is 11.1 Å². The third-order valence-electron chi connectivity index (χ3n) is 2.79. The van der Waals surface area contributed by atoms with Crippen molar-refractivity contribution in [1.82, 2.24) is 9.78 Å². The molecule has 0 fully saturated rings. The quantitative estimate of drug-likeness (QED) is 0.827. The van der Waals surface area contributed by atoms with E-state index in [0.29, 0.717) is 17.1 Å². The van der Waals surface area contributed by atoms with Gasteiger partial charge in [-0.25, -0.2) is 0 Å². The van der Waals surface area contributed by atoms with Crippen LogP contribution in [-0.4, -0.2) is 22.0 Å². The van der Waals surface area contributed by atoms with E-state index in [1.54, 1.807) is 31.1 Å². The third kappa shape index (κ3) is 1.80. The Morgan fingerprint density at radius 2 is 2.06 bits per heavy atom. The number of ether oxygens (including phenoxy) is 1. The molecule has 5 nitrogen and oxygen atoms in total. The van der Waals surface area contributed by atoms with Crippen LogP contribution in [0.4, 0.5) is 5.82 Å². The normalized spacial score (nSPS) is 10.5. The Labute approximate surface area is 99.4 Å². The Balaban J connectivity index is 2.60. The molecule has 90 valence electrons. The maximum Gasteiger partial charge on any atom is 0.129 e. The lowest BCUT2D eigenvalue weighted by molar-refractivity contribution is 0.405. The molecule has 17 heavy (non-hydrogen) atoms. The summed E-state index contributed by atoms with van der Waals surface area (Å²) in [6, 6.07) is 3.42. The van der Waals surface area contributed by atoms with Gasteiger partial charge >= 0.3 is 0 Å². The van der Waals surface area contributed by atoms with Gasteiger partial charge in [0.2, 0.25) is 0 Å². The standard InChI is InChI=1S/C12H15N3O2/c1-7-4-8(10(16)5-11(7)17-3)9-6-14-15(2)12(9)13/h4-6,16H,13H2,1-3H3. The van der Waals surface area contributed by atoms with Crippen LogP contribution in [0.5, 0.6) is 11.5 Å². The number of aromatic hydroxyl groups is 1. The van der Waals surface area contributed by atoms with Crippen molar-refractivity contribution in [2.24, 2.45) is 7.05 Å². The Hall–Kier alpha value is -2.17. The second kappa shape index (κ2) is 4.01. The van der Waals surface area contributed by atoms with E-state index in [9.17, 15) is 5.11 Å². The van der Waals surface area contributed by atoms with Crippen molar-refractivity contribution < 1.29 is 9.84 Å². The monoisotopic (exact) mass is 233 g/mol. The van der Waals surface area contributed by atoms with Gasteiger partial charge in [0.25, 0.3) is 0 Å². The smallest absolute Gasteiger partial charge is 0.129 e. The zero-order chi connectivity index (χ0) is 12.6. The second-order valence-corrected chi connectivity index (χ2v) is 3.91. The Morgan fingerprint density at radius 1 is 1.35 bits per heavy atom. The number of phenolic OH excluding ortho intramolecular Hbond substituents is 1. The molecule has 5 heteroatoms. The highest BCUT2D eigenvalue weighted by Crippen LogP contribution is 2.37. The molecule has 3 N–H and O–H groups in total. The maximum absolute atomic E-state index is 9.96. The number of hydrogen-bond donors (Lipinski definition) is 2. The number of anilines is 1. The Morgan fingerprint density at radius 3 is 2.59 bits per heavy atom. The van der Waals surface area contributed by atoms with Crippen LogP contribution in [0.15, 0.2) is 18.3 Å². The van der Waals surface area contributed by atoms with Crippen molar-refractivity contribution in [3.8, 4) is 22.6 Å². The summed E-state index contributed by atoms with van der Waals surface area (Å²) >= 11 is 0. The highest BCUT2D eigenvalue weighted by molar-refractivity contribution is 5.79. The van der Waals surface area contributed by atoms with E-state index in [1.165, 1.54) is 0 Å². The van der Waals surface area contributed by atoms with Crippen LogP contribution < -0.4 is 10.5 Å². The van der Waals surface area contributed by atoms with Crippen molar-refractivity contribution in [3.63, 3.8) is 0 Å². The largest absolute Gasteiger partial charge is 0.507 e. The van der Waals surface area contributed by atoms with Crippen LogP contribution in [0.1, 0.15) is 5.56 Å².